The average molecular weight is 177 g/mol. The SMILES string of the molecule is CN1CCc2ccccc2C(O)C1. The third-order valence-corrected chi connectivity index (χ3v) is 2.66. The highest BCUT2D eigenvalue weighted by Gasteiger charge is 2.17. The van der Waals surface area contributed by atoms with Gasteiger partial charge in [0.25, 0.3) is 0 Å². The molecule has 2 rings (SSSR count). The summed E-state index contributed by atoms with van der Waals surface area (Å²) in [5.74, 6) is 0. The molecule has 0 amide bonds. The van der Waals surface area contributed by atoms with Crippen molar-refractivity contribution in [2.24, 2.45) is 0 Å². The van der Waals surface area contributed by atoms with Crippen LogP contribution in [0.2, 0.25) is 0 Å². The molecule has 0 fully saturated rings. The van der Waals surface area contributed by atoms with Crippen molar-refractivity contribution < 1.29 is 5.11 Å². The summed E-state index contributed by atoms with van der Waals surface area (Å²) >= 11 is 0. The molecule has 1 N–H and O–H groups in total. The van der Waals surface area contributed by atoms with E-state index in [4.69, 9.17) is 0 Å². The second-order valence-electron chi connectivity index (χ2n) is 3.73. The average Bonchev–Trinajstić information content (AvgIpc) is 2.27. The fraction of sp³-hybridized carbons (Fsp3) is 0.455. The monoisotopic (exact) mass is 177 g/mol. The molecule has 0 aliphatic carbocycles. The van der Waals surface area contributed by atoms with E-state index < -0.39 is 0 Å². The second kappa shape index (κ2) is 3.48. The van der Waals surface area contributed by atoms with Crippen molar-refractivity contribution in [1.82, 2.24) is 4.90 Å². The molecule has 0 bridgehead atoms. The maximum Gasteiger partial charge on any atom is 0.0919 e. The van der Waals surface area contributed by atoms with Gasteiger partial charge >= 0.3 is 0 Å². The first-order chi connectivity index (χ1) is 6.27. The molecule has 2 heteroatoms. The molecule has 1 unspecified atom stereocenters. The highest BCUT2D eigenvalue weighted by molar-refractivity contribution is 5.30. The summed E-state index contributed by atoms with van der Waals surface area (Å²) in [6.07, 6.45) is 0.729. The Morgan fingerprint density at radius 1 is 1.38 bits per heavy atom. The van der Waals surface area contributed by atoms with E-state index in [0.717, 1.165) is 25.1 Å². The first-order valence-electron chi connectivity index (χ1n) is 4.72. The quantitative estimate of drug-likeness (QED) is 0.644. The number of hydrogen-bond donors (Lipinski definition) is 1. The second-order valence-corrected chi connectivity index (χ2v) is 3.73. The predicted molar refractivity (Wildman–Crippen MR) is 52.6 cm³/mol. The Hall–Kier alpha value is -0.860. The maximum atomic E-state index is 9.87. The molecule has 1 aliphatic rings. The van der Waals surface area contributed by atoms with Crippen LogP contribution in [0.4, 0.5) is 0 Å². The summed E-state index contributed by atoms with van der Waals surface area (Å²) < 4.78 is 0. The van der Waals surface area contributed by atoms with Gasteiger partial charge in [-0.1, -0.05) is 24.3 Å². The highest BCUT2D eigenvalue weighted by Crippen LogP contribution is 2.22. The minimum Gasteiger partial charge on any atom is -0.387 e. The van der Waals surface area contributed by atoms with Gasteiger partial charge in [-0.25, -0.2) is 0 Å². The van der Waals surface area contributed by atoms with Crippen LogP contribution in [0.15, 0.2) is 24.3 Å². The third kappa shape index (κ3) is 1.74. The van der Waals surface area contributed by atoms with Crippen molar-refractivity contribution in [3.8, 4) is 0 Å². The van der Waals surface area contributed by atoms with Gasteiger partial charge in [0.1, 0.15) is 0 Å². The molecular formula is C11H15NO. The van der Waals surface area contributed by atoms with Crippen LogP contribution in [0.3, 0.4) is 0 Å². The Morgan fingerprint density at radius 3 is 3.00 bits per heavy atom. The van der Waals surface area contributed by atoms with Crippen LogP contribution < -0.4 is 0 Å². The summed E-state index contributed by atoms with van der Waals surface area (Å²) in [6, 6.07) is 8.17. The zero-order valence-corrected chi connectivity index (χ0v) is 7.90. The first kappa shape index (κ1) is 8.73. The summed E-state index contributed by atoms with van der Waals surface area (Å²) in [4.78, 5) is 2.17. The van der Waals surface area contributed by atoms with Crippen molar-refractivity contribution >= 4 is 0 Å². The lowest BCUT2D eigenvalue weighted by atomic mass is 10.0. The van der Waals surface area contributed by atoms with Gasteiger partial charge in [-0.2, -0.15) is 0 Å². The molecule has 1 aromatic rings. The molecule has 1 aromatic carbocycles. The van der Waals surface area contributed by atoms with Crippen LogP contribution in [0.1, 0.15) is 17.2 Å². The lowest BCUT2D eigenvalue weighted by Gasteiger charge is -2.15. The normalized spacial score (nSPS) is 23.7. The number of likely N-dealkylation sites (N-methyl/N-ethyl adjacent to an activating group) is 1. The summed E-state index contributed by atoms with van der Waals surface area (Å²) in [6.45, 7) is 1.78. The number of hydrogen-bond acceptors (Lipinski definition) is 2. The molecule has 1 aliphatic heterocycles. The molecule has 0 saturated heterocycles. The van der Waals surface area contributed by atoms with E-state index in [1.54, 1.807) is 0 Å². The number of rotatable bonds is 0. The predicted octanol–water partition coefficient (Wildman–Crippen LogP) is 1.21. The van der Waals surface area contributed by atoms with E-state index in [-0.39, 0.29) is 6.10 Å². The van der Waals surface area contributed by atoms with Gasteiger partial charge in [-0.3, -0.25) is 0 Å². The first-order valence-corrected chi connectivity index (χ1v) is 4.72. The molecule has 2 nitrogen and oxygen atoms in total. The Kier molecular flexibility index (Phi) is 2.34. The Balaban J connectivity index is 2.35. The minimum absolute atomic E-state index is 0.316. The Morgan fingerprint density at radius 2 is 2.15 bits per heavy atom. The van der Waals surface area contributed by atoms with Crippen LogP contribution in [0.25, 0.3) is 0 Å². The minimum atomic E-state index is -0.316. The molecule has 1 heterocycles. The van der Waals surface area contributed by atoms with Crippen molar-refractivity contribution in [2.45, 2.75) is 12.5 Å². The van der Waals surface area contributed by atoms with E-state index in [2.05, 4.69) is 18.0 Å². The molecular weight excluding hydrogens is 162 g/mol. The van der Waals surface area contributed by atoms with Crippen LogP contribution in [0.5, 0.6) is 0 Å². The highest BCUT2D eigenvalue weighted by atomic mass is 16.3. The van der Waals surface area contributed by atoms with Crippen molar-refractivity contribution in [1.29, 1.82) is 0 Å². The number of fused-ring (bicyclic) bond motifs is 1. The number of nitrogens with zero attached hydrogens (tertiary/aromatic N) is 1. The Bertz CT molecular complexity index is 298. The summed E-state index contributed by atoms with van der Waals surface area (Å²) in [7, 11) is 2.05. The zero-order valence-electron chi connectivity index (χ0n) is 7.90. The standard InChI is InChI=1S/C11H15NO/c1-12-7-6-9-4-2-3-5-10(9)11(13)8-12/h2-5,11,13H,6-8H2,1H3. The molecule has 0 saturated carbocycles. The largest absolute Gasteiger partial charge is 0.387 e. The van der Waals surface area contributed by atoms with Crippen LogP contribution >= 0.6 is 0 Å². The molecule has 1 atom stereocenters. The van der Waals surface area contributed by atoms with E-state index in [0.29, 0.717) is 0 Å². The lowest BCUT2D eigenvalue weighted by molar-refractivity contribution is 0.134. The van der Waals surface area contributed by atoms with Crippen LogP contribution in [-0.2, 0) is 6.42 Å². The van der Waals surface area contributed by atoms with Crippen molar-refractivity contribution in [2.75, 3.05) is 20.1 Å². The van der Waals surface area contributed by atoms with E-state index in [1.807, 2.05) is 18.2 Å². The van der Waals surface area contributed by atoms with Crippen molar-refractivity contribution in [3.63, 3.8) is 0 Å². The van der Waals surface area contributed by atoms with Gasteiger partial charge in [0.2, 0.25) is 0 Å². The number of β-amino-alcohol motifs (C(OH)–C–C–N with tert-alkyl or cyclic N) is 1. The van der Waals surface area contributed by atoms with Crippen LogP contribution in [-0.4, -0.2) is 30.1 Å². The fourth-order valence-electron chi connectivity index (χ4n) is 1.88. The molecule has 70 valence electrons. The van der Waals surface area contributed by atoms with Gasteiger partial charge in [-0.15, -0.1) is 0 Å². The van der Waals surface area contributed by atoms with E-state index in [9.17, 15) is 5.11 Å². The van der Waals surface area contributed by atoms with Crippen LogP contribution in [0, 0.1) is 0 Å². The van der Waals surface area contributed by atoms with Gasteiger partial charge < -0.3 is 10.0 Å². The number of aliphatic hydroxyl groups excluding tert-OH is 1. The van der Waals surface area contributed by atoms with Gasteiger partial charge in [-0.05, 0) is 24.6 Å². The van der Waals surface area contributed by atoms with Crippen molar-refractivity contribution in [3.05, 3.63) is 35.4 Å². The molecule has 0 radical (unpaired) electrons. The van der Waals surface area contributed by atoms with E-state index >= 15 is 0 Å². The van der Waals surface area contributed by atoms with E-state index in [1.165, 1.54) is 5.56 Å². The lowest BCUT2D eigenvalue weighted by Crippen LogP contribution is -2.23. The number of benzene rings is 1. The summed E-state index contributed by atoms with van der Waals surface area (Å²) in [5.41, 5.74) is 2.39. The molecule has 0 aromatic heterocycles. The third-order valence-electron chi connectivity index (χ3n) is 2.66. The zero-order chi connectivity index (χ0) is 9.26. The topological polar surface area (TPSA) is 23.5 Å². The Labute approximate surface area is 78.8 Å². The fourth-order valence-corrected chi connectivity index (χ4v) is 1.88. The smallest absolute Gasteiger partial charge is 0.0919 e. The number of aliphatic hydroxyl groups is 1. The van der Waals surface area contributed by atoms with Gasteiger partial charge in [0.15, 0.2) is 0 Å². The summed E-state index contributed by atoms with van der Waals surface area (Å²) in [5, 5.41) is 9.87. The van der Waals surface area contributed by atoms with Gasteiger partial charge in [0.05, 0.1) is 6.10 Å². The maximum absolute atomic E-state index is 9.87. The molecule has 13 heavy (non-hydrogen) atoms. The molecule has 0 spiro atoms. The van der Waals surface area contributed by atoms with Gasteiger partial charge in [0, 0.05) is 13.1 Å².